The Morgan fingerprint density at radius 3 is 2.67 bits per heavy atom. The first-order chi connectivity index (χ1) is 13.2. The molecule has 0 radical (unpaired) electrons. The molecule has 1 aromatic carbocycles. The van der Waals surface area contributed by atoms with Gasteiger partial charge in [0, 0.05) is 17.6 Å². The van der Waals surface area contributed by atoms with Crippen molar-refractivity contribution < 1.29 is 4.42 Å². The minimum Gasteiger partial charge on any atom is -0.452 e. The lowest BCUT2D eigenvalue weighted by molar-refractivity contribution is 0.267. The van der Waals surface area contributed by atoms with E-state index in [9.17, 15) is 0 Å². The molecule has 1 aliphatic rings. The number of pyridine rings is 1. The average Bonchev–Trinajstić information content (AvgIpc) is 3.28. The molecule has 0 unspecified atom stereocenters. The van der Waals surface area contributed by atoms with Crippen LogP contribution >= 0.6 is 24.0 Å². The number of rotatable bonds is 5. The van der Waals surface area contributed by atoms with Crippen LogP contribution in [0.15, 0.2) is 75.2 Å². The molecule has 4 rings (SSSR count). The first kappa shape index (κ1) is 18.1. The number of nitrogens with one attached hydrogen (secondary N) is 1. The fourth-order valence-corrected chi connectivity index (χ4v) is 4.47. The van der Waals surface area contributed by atoms with Gasteiger partial charge in [-0.25, -0.2) is 0 Å². The highest BCUT2D eigenvalue weighted by molar-refractivity contribution is 7.99. The van der Waals surface area contributed by atoms with Crippen molar-refractivity contribution in [2.75, 3.05) is 6.54 Å². The number of furan rings is 1. The highest BCUT2D eigenvalue weighted by atomic mass is 32.2. The van der Waals surface area contributed by atoms with Gasteiger partial charge in [0.25, 0.3) is 0 Å². The van der Waals surface area contributed by atoms with Gasteiger partial charge in [-0.05, 0) is 62.5 Å². The molecule has 0 amide bonds. The molecule has 1 fully saturated rings. The fourth-order valence-electron chi connectivity index (χ4n) is 3.33. The zero-order valence-corrected chi connectivity index (χ0v) is 16.9. The van der Waals surface area contributed by atoms with Gasteiger partial charge in [0.1, 0.15) is 11.8 Å². The van der Waals surface area contributed by atoms with E-state index in [4.69, 9.17) is 16.6 Å². The predicted octanol–water partition coefficient (Wildman–Crippen LogP) is 5.13. The van der Waals surface area contributed by atoms with Crippen LogP contribution < -0.4 is 5.32 Å². The van der Waals surface area contributed by atoms with Gasteiger partial charge in [0.05, 0.1) is 11.7 Å². The molecule has 27 heavy (non-hydrogen) atoms. The van der Waals surface area contributed by atoms with Gasteiger partial charge in [-0.3, -0.25) is 4.98 Å². The van der Waals surface area contributed by atoms with Crippen LogP contribution in [0.1, 0.15) is 36.0 Å². The van der Waals surface area contributed by atoms with Crippen LogP contribution in [-0.4, -0.2) is 21.5 Å². The number of benzene rings is 1. The van der Waals surface area contributed by atoms with Crippen molar-refractivity contribution in [3.63, 3.8) is 0 Å². The van der Waals surface area contributed by atoms with Crippen LogP contribution in [0.2, 0.25) is 0 Å². The summed E-state index contributed by atoms with van der Waals surface area (Å²) in [5.41, 5.74) is 2.21. The van der Waals surface area contributed by atoms with Gasteiger partial charge in [-0.1, -0.05) is 35.5 Å². The summed E-state index contributed by atoms with van der Waals surface area (Å²) < 4.78 is 6.23. The lowest BCUT2D eigenvalue weighted by Gasteiger charge is -2.24. The minimum absolute atomic E-state index is 0.00947. The van der Waals surface area contributed by atoms with Gasteiger partial charge in [-0.15, -0.1) is 0 Å². The second-order valence-electron chi connectivity index (χ2n) is 6.48. The third-order valence-electron chi connectivity index (χ3n) is 4.67. The first-order valence-corrected chi connectivity index (χ1v) is 10.2. The van der Waals surface area contributed by atoms with Crippen LogP contribution in [0.25, 0.3) is 0 Å². The number of hydrogen-bond acceptors (Lipinski definition) is 4. The summed E-state index contributed by atoms with van der Waals surface area (Å²) in [4.78, 5) is 7.85. The predicted molar refractivity (Wildman–Crippen MR) is 112 cm³/mol. The lowest BCUT2D eigenvalue weighted by atomic mass is 10.0. The molecule has 2 aromatic heterocycles. The number of aryl methyl sites for hydroxylation is 1. The molecule has 0 saturated carbocycles. The smallest absolute Gasteiger partial charge is 0.170 e. The van der Waals surface area contributed by atoms with Crippen molar-refractivity contribution in [1.29, 1.82) is 0 Å². The van der Waals surface area contributed by atoms with Gasteiger partial charge < -0.3 is 14.6 Å². The first-order valence-electron chi connectivity index (χ1n) is 8.98. The molecule has 138 valence electrons. The van der Waals surface area contributed by atoms with Crippen LogP contribution in [0.5, 0.6) is 0 Å². The summed E-state index contributed by atoms with van der Waals surface area (Å²) in [6.07, 6.45) is 1.81. The van der Waals surface area contributed by atoms with Crippen LogP contribution in [0, 0.1) is 6.92 Å². The monoisotopic (exact) mass is 395 g/mol. The Balaban J connectivity index is 1.62. The van der Waals surface area contributed by atoms with Crippen molar-refractivity contribution in [2.45, 2.75) is 35.9 Å². The molecule has 2 atom stereocenters. The molecule has 3 heterocycles. The summed E-state index contributed by atoms with van der Waals surface area (Å²) in [5.74, 6) is 0.898. The number of thiocarbonyl (C=S) groups is 1. The zero-order valence-electron chi connectivity index (χ0n) is 15.3. The molecule has 0 aliphatic carbocycles. The van der Waals surface area contributed by atoms with Crippen LogP contribution in [0.4, 0.5) is 0 Å². The second-order valence-corrected chi connectivity index (χ2v) is 7.95. The normalized spacial score (nSPS) is 19.3. The number of aromatic nitrogens is 1. The van der Waals surface area contributed by atoms with E-state index in [-0.39, 0.29) is 12.1 Å². The maximum atomic E-state index is 6.23. The maximum absolute atomic E-state index is 6.23. The Morgan fingerprint density at radius 2 is 1.96 bits per heavy atom. The quantitative estimate of drug-likeness (QED) is 0.604. The summed E-state index contributed by atoms with van der Waals surface area (Å²) in [7, 11) is 0. The molecule has 6 heteroatoms. The number of hydrogen-bond donors (Lipinski definition) is 1. The van der Waals surface area contributed by atoms with Crippen molar-refractivity contribution in [2.24, 2.45) is 0 Å². The summed E-state index contributed by atoms with van der Waals surface area (Å²) in [6.45, 7) is 5.00. The molecular weight excluding hydrogens is 374 g/mol. The Morgan fingerprint density at radius 1 is 1.15 bits per heavy atom. The van der Waals surface area contributed by atoms with E-state index in [1.807, 2.05) is 30.5 Å². The molecule has 1 N–H and O–H groups in total. The van der Waals surface area contributed by atoms with Gasteiger partial charge in [0.15, 0.2) is 10.2 Å². The van der Waals surface area contributed by atoms with Crippen molar-refractivity contribution in [1.82, 2.24) is 15.2 Å². The van der Waals surface area contributed by atoms with E-state index in [1.165, 1.54) is 5.56 Å². The van der Waals surface area contributed by atoms with Gasteiger partial charge in [0.2, 0.25) is 0 Å². The second kappa shape index (κ2) is 7.74. The molecule has 3 aromatic rings. The summed E-state index contributed by atoms with van der Waals surface area (Å²) in [5, 5.41) is 5.03. The molecular formula is C21H21N3OS2. The molecule has 4 nitrogen and oxygen atoms in total. The van der Waals surface area contributed by atoms with Gasteiger partial charge >= 0.3 is 0 Å². The fraction of sp³-hybridized carbons (Fsp3) is 0.238. The third kappa shape index (κ3) is 3.73. The Bertz CT molecular complexity index is 924. The van der Waals surface area contributed by atoms with E-state index in [0.29, 0.717) is 0 Å². The minimum atomic E-state index is -0.0259. The molecule has 0 bridgehead atoms. The number of nitrogens with zero attached hydrogens (tertiary/aromatic N) is 2. The van der Waals surface area contributed by atoms with Gasteiger partial charge in [-0.2, -0.15) is 0 Å². The SMILES string of the molecule is CCN1C(=S)N[C@@H](c2ccccn2)[C@@H]1c1ccc(Sc2ccc(C)cc2)o1. The van der Waals surface area contributed by atoms with Crippen molar-refractivity contribution in [3.8, 4) is 0 Å². The van der Waals surface area contributed by atoms with Crippen molar-refractivity contribution >= 4 is 29.1 Å². The molecule has 1 aliphatic heterocycles. The average molecular weight is 396 g/mol. The van der Waals surface area contributed by atoms with Crippen LogP contribution in [-0.2, 0) is 0 Å². The highest BCUT2D eigenvalue weighted by Crippen LogP contribution is 2.40. The maximum Gasteiger partial charge on any atom is 0.170 e. The Labute approximate surface area is 169 Å². The van der Waals surface area contributed by atoms with E-state index in [2.05, 4.69) is 59.4 Å². The zero-order chi connectivity index (χ0) is 18.8. The number of likely N-dealkylation sites (N-methyl/N-ethyl adjacent to an activating group) is 1. The topological polar surface area (TPSA) is 41.3 Å². The van der Waals surface area contributed by atoms with E-state index < -0.39 is 0 Å². The molecule has 0 spiro atoms. The largest absolute Gasteiger partial charge is 0.452 e. The van der Waals surface area contributed by atoms with E-state index in [1.54, 1.807) is 11.8 Å². The summed E-state index contributed by atoms with van der Waals surface area (Å²) >= 11 is 7.19. The van der Waals surface area contributed by atoms with E-state index >= 15 is 0 Å². The Hall–Kier alpha value is -2.31. The molecule has 1 saturated heterocycles. The van der Waals surface area contributed by atoms with Crippen LogP contribution in [0.3, 0.4) is 0 Å². The van der Waals surface area contributed by atoms with Crippen molar-refractivity contribution in [3.05, 3.63) is 77.8 Å². The van der Waals surface area contributed by atoms with E-state index in [0.717, 1.165) is 33.1 Å². The highest BCUT2D eigenvalue weighted by Gasteiger charge is 2.40. The standard InChI is InChI=1S/C21H21N3OS2/c1-3-24-20(19(23-21(24)26)16-6-4-5-13-22-16)17-11-12-18(25-17)27-15-9-7-14(2)8-10-15/h4-13,19-20H,3H2,1-2H3,(H,23,26)/t19-,20-/m0/s1. The summed E-state index contributed by atoms with van der Waals surface area (Å²) in [6, 6.07) is 18.4. The lowest BCUT2D eigenvalue weighted by Crippen LogP contribution is -2.29. The third-order valence-corrected chi connectivity index (χ3v) is 5.95. The Kier molecular flexibility index (Phi) is 5.18.